The predicted molar refractivity (Wildman–Crippen MR) is 320 cm³/mol. The number of carbonyl (C=O) groups excluding carboxylic acids is 2. The number of hydrogen-bond acceptors (Lipinski definition) is 5. The van der Waals surface area contributed by atoms with Crippen LogP contribution in [-0.4, -0.2) is 36.4 Å². The number of esters is 2. The molecule has 424 valence electrons. The minimum absolute atomic E-state index is 0.0663. The first-order valence-electron chi connectivity index (χ1n) is 32.0. The zero-order valence-electron chi connectivity index (χ0n) is 48.6. The number of allylic oxidation sites excluding steroid dienone is 12. The van der Waals surface area contributed by atoms with Crippen LogP contribution in [-0.2, 0) is 19.1 Å². The van der Waals surface area contributed by atoms with Gasteiger partial charge < -0.3 is 14.6 Å². The van der Waals surface area contributed by atoms with Gasteiger partial charge in [-0.1, -0.05) is 324 Å². The van der Waals surface area contributed by atoms with Crippen LogP contribution in [0.3, 0.4) is 0 Å². The normalized spacial score (nSPS) is 12.6. The number of carbonyl (C=O) groups is 2. The fraction of sp³-hybridized carbons (Fsp3) is 0.794. The van der Waals surface area contributed by atoms with E-state index < -0.39 is 6.10 Å². The highest BCUT2D eigenvalue weighted by Gasteiger charge is 2.16. The molecule has 0 aromatic heterocycles. The van der Waals surface area contributed by atoms with E-state index in [1.807, 2.05) is 0 Å². The van der Waals surface area contributed by atoms with Crippen LogP contribution in [0.2, 0.25) is 0 Å². The van der Waals surface area contributed by atoms with E-state index >= 15 is 0 Å². The SMILES string of the molecule is CC/C=C\C/C=C\C/C=C\C/C=C\C/C=C\C/C=C\CCCCCCCCCCCCC(=O)OC(CO)COC(=O)CCCCCCCCCCCCCCCCCCCCCCCCCCCCCCCC. The lowest BCUT2D eigenvalue weighted by atomic mass is 10.0. The standard InChI is InChI=1S/C68H122O5/c1-3-5-7-9-11-13-15-17-19-21-23-25-27-29-31-33-35-36-38-40-42-44-46-48-50-52-54-56-58-60-62-67(70)72-65-66(64-69)73-68(71)63-61-59-57-55-53-51-49-47-45-43-41-39-37-34-32-30-28-26-24-22-20-18-16-14-12-10-8-6-4-2/h6,8,12,14,18,20,24,26,30,32,37,39,66,69H,3-5,7,9-11,13,15-17,19,21-23,25,27-29,31,33-36,38,40-65H2,1-2H3/b8-6-,14-12-,20-18-,26-24-,32-30-,39-37-. The molecule has 0 heterocycles. The van der Waals surface area contributed by atoms with Crippen LogP contribution in [0.5, 0.6) is 0 Å². The fourth-order valence-corrected chi connectivity index (χ4v) is 9.50. The van der Waals surface area contributed by atoms with Crippen molar-refractivity contribution in [2.75, 3.05) is 13.2 Å². The molecule has 1 unspecified atom stereocenters. The summed E-state index contributed by atoms with van der Waals surface area (Å²) in [7, 11) is 0. The largest absolute Gasteiger partial charge is 0.462 e. The number of ether oxygens (including phenoxy) is 2. The minimum atomic E-state index is -0.777. The zero-order chi connectivity index (χ0) is 52.7. The maximum atomic E-state index is 12.3. The van der Waals surface area contributed by atoms with E-state index in [9.17, 15) is 14.7 Å². The Labute approximate surface area is 454 Å². The molecular weight excluding hydrogens is 897 g/mol. The third-order valence-electron chi connectivity index (χ3n) is 14.3. The van der Waals surface area contributed by atoms with Crippen molar-refractivity contribution in [1.82, 2.24) is 0 Å². The van der Waals surface area contributed by atoms with Crippen LogP contribution in [0.1, 0.15) is 328 Å². The quantitative estimate of drug-likeness (QED) is 0.0373. The highest BCUT2D eigenvalue weighted by atomic mass is 16.6. The molecule has 0 fully saturated rings. The van der Waals surface area contributed by atoms with Gasteiger partial charge in [-0.2, -0.15) is 0 Å². The zero-order valence-corrected chi connectivity index (χ0v) is 48.6. The van der Waals surface area contributed by atoms with Gasteiger partial charge in [0.05, 0.1) is 6.61 Å². The van der Waals surface area contributed by atoms with Crippen molar-refractivity contribution >= 4 is 11.9 Å². The molecule has 5 nitrogen and oxygen atoms in total. The third-order valence-corrected chi connectivity index (χ3v) is 14.3. The number of hydrogen-bond donors (Lipinski definition) is 1. The summed E-state index contributed by atoms with van der Waals surface area (Å²) in [5.74, 6) is -0.583. The van der Waals surface area contributed by atoms with Crippen LogP contribution in [0.25, 0.3) is 0 Å². The molecule has 0 bridgehead atoms. The highest BCUT2D eigenvalue weighted by molar-refractivity contribution is 5.70. The molecule has 5 heteroatoms. The average molecular weight is 1020 g/mol. The number of aliphatic hydroxyl groups is 1. The smallest absolute Gasteiger partial charge is 0.306 e. The van der Waals surface area contributed by atoms with E-state index in [2.05, 4.69) is 86.8 Å². The Kier molecular flexibility index (Phi) is 61.3. The summed E-state index contributed by atoms with van der Waals surface area (Å²) in [6.45, 7) is 4.07. The third kappa shape index (κ3) is 61.8. The van der Waals surface area contributed by atoms with E-state index in [1.165, 1.54) is 225 Å². The summed E-state index contributed by atoms with van der Waals surface area (Å²) >= 11 is 0. The van der Waals surface area contributed by atoms with E-state index in [0.717, 1.165) is 77.0 Å². The summed E-state index contributed by atoms with van der Waals surface area (Å²) < 4.78 is 10.7. The molecule has 0 saturated carbocycles. The lowest BCUT2D eigenvalue weighted by molar-refractivity contribution is -0.161. The molecule has 0 amide bonds. The van der Waals surface area contributed by atoms with Gasteiger partial charge in [0, 0.05) is 12.8 Å². The van der Waals surface area contributed by atoms with Gasteiger partial charge in [0.1, 0.15) is 6.61 Å². The van der Waals surface area contributed by atoms with Gasteiger partial charge in [0.15, 0.2) is 6.10 Å². The maximum absolute atomic E-state index is 12.3. The lowest BCUT2D eigenvalue weighted by Gasteiger charge is -2.15. The maximum Gasteiger partial charge on any atom is 0.306 e. The van der Waals surface area contributed by atoms with Crippen molar-refractivity contribution in [2.24, 2.45) is 0 Å². The summed E-state index contributed by atoms with van der Waals surface area (Å²) in [5.41, 5.74) is 0. The first-order valence-corrected chi connectivity index (χ1v) is 32.0. The Morgan fingerprint density at radius 1 is 0.329 bits per heavy atom. The first kappa shape index (κ1) is 70.3. The molecule has 0 rings (SSSR count). The Bertz CT molecular complexity index is 1290. The molecule has 0 spiro atoms. The molecule has 0 aliphatic rings. The highest BCUT2D eigenvalue weighted by Crippen LogP contribution is 2.18. The molecule has 0 aromatic rings. The van der Waals surface area contributed by atoms with E-state index in [1.54, 1.807) is 0 Å². The van der Waals surface area contributed by atoms with Crippen molar-refractivity contribution in [2.45, 2.75) is 335 Å². The van der Waals surface area contributed by atoms with Crippen LogP contribution >= 0.6 is 0 Å². The average Bonchev–Trinajstić information content (AvgIpc) is 3.39. The Balaban J connectivity index is 3.45. The molecule has 0 aliphatic carbocycles. The van der Waals surface area contributed by atoms with Gasteiger partial charge in [0.25, 0.3) is 0 Å². The second-order valence-electron chi connectivity index (χ2n) is 21.5. The lowest BCUT2D eigenvalue weighted by Crippen LogP contribution is -2.28. The molecule has 0 aromatic carbocycles. The van der Waals surface area contributed by atoms with Gasteiger partial charge in [-0.25, -0.2) is 0 Å². The number of unbranched alkanes of at least 4 members (excludes halogenated alkanes) is 39. The molecule has 1 atom stereocenters. The monoisotopic (exact) mass is 1020 g/mol. The van der Waals surface area contributed by atoms with Gasteiger partial charge in [0.2, 0.25) is 0 Å². The van der Waals surface area contributed by atoms with E-state index in [4.69, 9.17) is 9.47 Å². The second-order valence-corrected chi connectivity index (χ2v) is 21.5. The van der Waals surface area contributed by atoms with Crippen molar-refractivity contribution in [3.8, 4) is 0 Å². The molecule has 73 heavy (non-hydrogen) atoms. The van der Waals surface area contributed by atoms with Crippen LogP contribution < -0.4 is 0 Å². The van der Waals surface area contributed by atoms with E-state index in [-0.39, 0.29) is 25.2 Å². The van der Waals surface area contributed by atoms with Crippen molar-refractivity contribution in [3.05, 3.63) is 72.9 Å². The van der Waals surface area contributed by atoms with Crippen molar-refractivity contribution in [3.63, 3.8) is 0 Å². The van der Waals surface area contributed by atoms with Gasteiger partial charge in [-0.15, -0.1) is 0 Å². The Morgan fingerprint density at radius 2 is 0.589 bits per heavy atom. The predicted octanol–water partition coefficient (Wildman–Crippen LogP) is 21.9. The first-order chi connectivity index (χ1) is 36.1. The topological polar surface area (TPSA) is 72.8 Å². The van der Waals surface area contributed by atoms with Gasteiger partial charge >= 0.3 is 11.9 Å². The van der Waals surface area contributed by atoms with Crippen LogP contribution in [0.4, 0.5) is 0 Å². The summed E-state index contributed by atoms with van der Waals surface area (Å²) in [6.07, 6.45) is 87.7. The Morgan fingerprint density at radius 3 is 0.890 bits per heavy atom. The Hall–Kier alpha value is -2.66. The minimum Gasteiger partial charge on any atom is -0.462 e. The molecule has 1 N–H and O–H groups in total. The summed E-state index contributed by atoms with van der Waals surface area (Å²) in [4.78, 5) is 24.6. The van der Waals surface area contributed by atoms with Gasteiger partial charge in [-0.3, -0.25) is 9.59 Å². The van der Waals surface area contributed by atoms with Crippen molar-refractivity contribution in [1.29, 1.82) is 0 Å². The fourth-order valence-electron chi connectivity index (χ4n) is 9.50. The van der Waals surface area contributed by atoms with Crippen LogP contribution in [0, 0.1) is 0 Å². The molecule has 0 aliphatic heterocycles. The van der Waals surface area contributed by atoms with Crippen molar-refractivity contribution < 1.29 is 24.2 Å². The van der Waals surface area contributed by atoms with Crippen LogP contribution in [0.15, 0.2) is 72.9 Å². The molecular formula is C68H122O5. The number of rotatable bonds is 59. The molecule has 0 radical (unpaired) electrons. The second kappa shape index (κ2) is 63.6. The molecule has 0 saturated heterocycles. The summed E-state index contributed by atoms with van der Waals surface area (Å²) in [5, 5.41) is 9.68. The van der Waals surface area contributed by atoms with E-state index in [0.29, 0.717) is 12.8 Å². The summed E-state index contributed by atoms with van der Waals surface area (Å²) in [6, 6.07) is 0. The van der Waals surface area contributed by atoms with Gasteiger partial charge in [-0.05, 0) is 64.2 Å². The number of aliphatic hydroxyl groups excluding tert-OH is 1.